The van der Waals surface area contributed by atoms with Crippen LogP contribution in [0.2, 0.25) is 0 Å². The van der Waals surface area contributed by atoms with Crippen LogP contribution in [0.15, 0.2) is 52.3 Å². The number of piperidine rings is 1. The molecular formula is C23H26N2O7S2. The average molecular weight is 507 g/mol. The largest absolute Gasteiger partial charge is 0.465 e. The number of nitrogens with one attached hydrogen (secondary N) is 1. The lowest BCUT2D eigenvalue weighted by Gasteiger charge is -2.30. The van der Waals surface area contributed by atoms with Crippen molar-refractivity contribution in [3.05, 3.63) is 53.6 Å². The number of methoxy groups -OCH3 is 2. The second-order valence-electron chi connectivity index (χ2n) is 7.63. The molecule has 1 fully saturated rings. The zero-order valence-corrected chi connectivity index (χ0v) is 20.7. The Morgan fingerprint density at radius 1 is 0.941 bits per heavy atom. The summed E-state index contributed by atoms with van der Waals surface area (Å²) in [5.41, 5.74) is 0.431. The fourth-order valence-electron chi connectivity index (χ4n) is 3.67. The SMILES string of the molecule is COC(=O)c1cc(NC(=O)C2CCN(S(=O)(=O)c3ccc(SC)cc3)CC2)cc(C(=O)OC)c1. The van der Waals surface area contributed by atoms with E-state index in [1.54, 1.807) is 24.3 Å². The Morgan fingerprint density at radius 2 is 1.47 bits per heavy atom. The van der Waals surface area contributed by atoms with Crippen molar-refractivity contribution in [2.75, 3.05) is 38.9 Å². The summed E-state index contributed by atoms with van der Waals surface area (Å²) in [7, 11) is -1.22. The van der Waals surface area contributed by atoms with E-state index in [-0.39, 0.29) is 40.7 Å². The zero-order chi connectivity index (χ0) is 24.9. The van der Waals surface area contributed by atoms with Crippen molar-refractivity contribution >= 4 is 45.3 Å². The minimum absolute atomic E-state index is 0.0918. The summed E-state index contributed by atoms with van der Waals surface area (Å²) in [6.45, 7) is 0.417. The van der Waals surface area contributed by atoms with Crippen LogP contribution in [0, 0.1) is 5.92 Å². The Bertz CT molecular complexity index is 1140. The number of amides is 1. The number of ether oxygens (including phenoxy) is 2. The molecule has 34 heavy (non-hydrogen) atoms. The summed E-state index contributed by atoms with van der Waals surface area (Å²) in [5.74, 6) is -2.07. The molecule has 9 nitrogen and oxygen atoms in total. The zero-order valence-electron chi connectivity index (χ0n) is 19.1. The van der Waals surface area contributed by atoms with E-state index in [4.69, 9.17) is 9.47 Å². The van der Waals surface area contributed by atoms with Gasteiger partial charge in [0.1, 0.15) is 0 Å². The van der Waals surface area contributed by atoms with Crippen molar-refractivity contribution in [3.63, 3.8) is 0 Å². The minimum atomic E-state index is -3.64. The third-order valence-corrected chi connectivity index (χ3v) is 8.22. The summed E-state index contributed by atoms with van der Waals surface area (Å²) in [6.07, 6.45) is 2.60. The molecule has 1 heterocycles. The van der Waals surface area contributed by atoms with Gasteiger partial charge in [0.15, 0.2) is 0 Å². The molecule has 0 saturated carbocycles. The number of thioether (sulfide) groups is 1. The Labute approximate surface area is 202 Å². The van der Waals surface area contributed by atoms with Gasteiger partial charge in [-0.2, -0.15) is 4.31 Å². The molecule has 1 aliphatic heterocycles. The highest BCUT2D eigenvalue weighted by Gasteiger charge is 2.32. The van der Waals surface area contributed by atoms with Gasteiger partial charge < -0.3 is 14.8 Å². The van der Waals surface area contributed by atoms with Gasteiger partial charge in [-0.05, 0) is 61.6 Å². The molecule has 0 aliphatic carbocycles. The number of sulfonamides is 1. The fourth-order valence-corrected chi connectivity index (χ4v) is 5.55. The topological polar surface area (TPSA) is 119 Å². The quantitative estimate of drug-likeness (QED) is 0.450. The van der Waals surface area contributed by atoms with E-state index < -0.39 is 27.9 Å². The lowest BCUT2D eigenvalue weighted by molar-refractivity contribution is -0.120. The molecule has 1 aliphatic rings. The molecule has 0 bridgehead atoms. The number of nitrogens with zero attached hydrogens (tertiary/aromatic N) is 1. The number of anilines is 1. The molecule has 0 aromatic heterocycles. The van der Waals surface area contributed by atoms with Gasteiger partial charge in [-0.3, -0.25) is 4.79 Å². The first-order valence-corrected chi connectivity index (χ1v) is 13.1. The third kappa shape index (κ3) is 5.78. The first-order chi connectivity index (χ1) is 16.2. The summed E-state index contributed by atoms with van der Waals surface area (Å²) in [5, 5.41) is 2.72. The highest BCUT2D eigenvalue weighted by molar-refractivity contribution is 7.98. The van der Waals surface area contributed by atoms with Gasteiger partial charge in [-0.15, -0.1) is 11.8 Å². The smallest absolute Gasteiger partial charge is 0.337 e. The standard InChI is InChI=1S/C23H26N2O7S2/c1-31-22(27)16-12-17(23(28)32-2)14-18(13-16)24-21(26)15-8-10-25(11-9-15)34(29,30)20-6-4-19(33-3)5-7-20/h4-7,12-15H,8-11H2,1-3H3,(H,24,26). The predicted octanol–water partition coefficient (Wildman–Crippen LogP) is 3.02. The van der Waals surface area contributed by atoms with Crippen molar-refractivity contribution < 1.29 is 32.3 Å². The van der Waals surface area contributed by atoms with E-state index in [1.807, 2.05) is 6.26 Å². The van der Waals surface area contributed by atoms with Crippen molar-refractivity contribution in [3.8, 4) is 0 Å². The molecule has 2 aromatic rings. The fraction of sp³-hybridized carbons (Fsp3) is 0.348. The maximum absolute atomic E-state index is 12.9. The number of hydrogen-bond acceptors (Lipinski definition) is 8. The van der Waals surface area contributed by atoms with Crippen LogP contribution in [-0.4, -0.2) is 64.1 Å². The molecule has 0 radical (unpaired) electrons. The van der Waals surface area contributed by atoms with Gasteiger partial charge in [0.25, 0.3) is 0 Å². The number of carbonyl (C=O) groups excluding carboxylic acids is 3. The second kappa shape index (κ2) is 11.0. The van der Waals surface area contributed by atoms with Gasteiger partial charge >= 0.3 is 11.9 Å². The Balaban J connectivity index is 1.68. The van der Waals surface area contributed by atoms with E-state index >= 15 is 0 Å². The average Bonchev–Trinajstić information content (AvgIpc) is 2.87. The van der Waals surface area contributed by atoms with Crippen LogP contribution in [0.5, 0.6) is 0 Å². The summed E-state index contributed by atoms with van der Waals surface area (Å²) >= 11 is 1.53. The number of rotatable bonds is 7. The van der Waals surface area contributed by atoms with E-state index in [0.717, 1.165) is 4.90 Å². The molecule has 1 amide bonds. The number of benzene rings is 2. The summed E-state index contributed by atoms with van der Waals surface area (Å²) < 4.78 is 36.7. The van der Waals surface area contributed by atoms with Crippen LogP contribution in [0.4, 0.5) is 5.69 Å². The van der Waals surface area contributed by atoms with Gasteiger partial charge in [0.05, 0.1) is 30.2 Å². The van der Waals surface area contributed by atoms with Crippen LogP contribution in [0.25, 0.3) is 0 Å². The van der Waals surface area contributed by atoms with Crippen molar-refractivity contribution in [2.45, 2.75) is 22.6 Å². The Hall–Kier alpha value is -2.89. The Kier molecular flexibility index (Phi) is 8.34. The normalized spacial score (nSPS) is 14.9. The van der Waals surface area contributed by atoms with Crippen LogP contribution >= 0.6 is 11.8 Å². The van der Waals surface area contributed by atoms with Crippen molar-refractivity contribution in [2.24, 2.45) is 5.92 Å². The predicted molar refractivity (Wildman–Crippen MR) is 127 cm³/mol. The molecule has 0 atom stereocenters. The van der Waals surface area contributed by atoms with Crippen molar-refractivity contribution in [1.29, 1.82) is 0 Å². The molecule has 3 rings (SSSR count). The molecule has 182 valence electrons. The highest BCUT2D eigenvalue weighted by atomic mass is 32.2. The van der Waals surface area contributed by atoms with E-state index in [9.17, 15) is 22.8 Å². The number of carbonyl (C=O) groups is 3. The maximum atomic E-state index is 12.9. The first kappa shape index (κ1) is 25.7. The van der Waals surface area contributed by atoms with E-state index in [1.165, 1.54) is 48.5 Å². The molecule has 11 heteroatoms. The second-order valence-corrected chi connectivity index (χ2v) is 10.4. The van der Waals surface area contributed by atoms with E-state index in [0.29, 0.717) is 12.8 Å². The minimum Gasteiger partial charge on any atom is -0.465 e. The monoisotopic (exact) mass is 506 g/mol. The highest BCUT2D eigenvalue weighted by Crippen LogP contribution is 2.27. The van der Waals surface area contributed by atoms with Gasteiger partial charge in [0.2, 0.25) is 15.9 Å². The maximum Gasteiger partial charge on any atom is 0.337 e. The lowest BCUT2D eigenvalue weighted by atomic mass is 9.97. The summed E-state index contributed by atoms with van der Waals surface area (Å²) in [6, 6.07) is 10.9. The van der Waals surface area contributed by atoms with Crippen LogP contribution in [0.3, 0.4) is 0 Å². The lowest BCUT2D eigenvalue weighted by Crippen LogP contribution is -2.41. The van der Waals surface area contributed by atoms with E-state index in [2.05, 4.69) is 5.32 Å². The van der Waals surface area contributed by atoms with Gasteiger partial charge in [-0.25, -0.2) is 18.0 Å². The molecule has 2 aromatic carbocycles. The molecular weight excluding hydrogens is 480 g/mol. The van der Waals surface area contributed by atoms with Crippen LogP contribution in [-0.2, 0) is 24.3 Å². The van der Waals surface area contributed by atoms with Crippen LogP contribution in [0.1, 0.15) is 33.6 Å². The molecule has 0 unspecified atom stereocenters. The van der Waals surface area contributed by atoms with Crippen LogP contribution < -0.4 is 5.32 Å². The van der Waals surface area contributed by atoms with Crippen molar-refractivity contribution in [1.82, 2.24) is 4.31 Å². The van der Waals surface area contributed by atoms with Gasteiger partial charge in [-0.1, -0.05) is 0 Å². The Morgan fingerprint density at radius 3 is 1.94 bits per heavy atom. The number of hydrogen-bond donors (Lipinski definition) is 1. The third-order valence-electron chi connectivity index (χ3n) is 5.56. The van der Waals surface area contributed by atoms with Gasteiger partial charge in [0, 0.05) is 29.6 Å². The molecule has 1 saturated heterocycles. The molecule has 1 N–H and O–H groups in total. The number of esters is 2. The first-order valence-electron chi connectivity index (χ1n) is 10.5. The molecule has 0 spiro atoms. The summed E-state index contributed by atoms with van der Waals surface area (Å²) in [4.78, 5) is 37.9.